The Labute approximate surface area is 81.1 Å². The number of hydrogen-bond donors (Lipinski definition) is 1. The minimum absolute atomic E-state index is 0. The van der Waals surface area contributed by atoms with E-state index in [1.807, 2.05) is 0 Å². The van der Waals surface area contributed by atoms with Gasteiger partial charge in [-0.15, -0.1) is 0 Å². The van der Waals surface area contributed by atoms with Crippen LogP contribution in [0.5, 0.6) is 0 Å². The fourth-order valence-electron chi connectivity index (χ4n) is 1.08. The van der Waals surface area contributed by atoms with Gasteiger partial charge in [0, 0.05) is 0 Å². The molecule has 1 aliphatic carbocycles. The van der Waals surface area contributed by atoms with Crippen LogP contribution in [0.15, 0.2) is 0 Å². The summed E-state index contributed by atoms with van der Waals surface area (Å²) in [6.45, 7) is 0. The molecule has 0 atom stereocenters. The van der Waals surface area contributed by atoms with E-state index in [1.165, 1.54) is 19.3 Å². The first-order chi connectivity index (χ1) is 3.39. The molecule has 0 aromatic heterocycles. The second-order valence-corrected chi connectivity index (χ2v) is 2.29. The van der Waals surface area contributed by atoms with Crippen LogP contribution in [0.3, 0.4) is 0 Å². The molecule has 1 rings (SSSR count). The zero-order valence-electron chi connectivity index (χ0n) is 5.56. The minimum Gasteiger partial charge on any atom is -0.393 e. The topological polar surface area (TPSA) is 20.2 Å². The van der Waals surface area contributed by atoms with Crippen LogP contribution in [0.1, 0.15) is 32.1 Å². The monoisotopic (exact) mass is 138 g/mol. The summed E-state index contributed by atoms with van der Waals surface area (Å²) in [5.74, 6) is 0. The third kappa shape index (κ3) is 5.47. The van der Waals surface area contributed by atoms with Crippen molar-refractivity contribution in [1.29, 1.82) is 0 Å². The molecule has 9 heavy (non-hydrogen) atoms. The summed E-state index contributed by atoms with van der Waals surface area (Å²) >= 11 is 0. The molecule has 1 N–H and O–H groups in total. The Hall–Kier alpha value is 1.02. The van der Waals surface area contributed by atoms with Crippen LogP contribution in [0.25, 0.3) is 0 Å². The summed E-state index contributed by atoms with van der Waals surface area (Å²) in [6, 6.07) is 0. The summed E-state index contributed by atoms with van der Waals surface area (Å²) in [5, 5.41) is 8.91. The van der Waals surface area contributed by atoms with Crippen molar-refractivity contribution in [2.45, 2.75) is 38.2 Å². The van der Waals surface area contributed by atoms with Crippen LogP contribution in [0.2, 0.25) is 0 Å². The van der Waals surface area contributed by atoms with Gasteiger partial charge >= 0.3 is 29.6 Å². The third-order valence-corrected chi connectivity index (χ3v) is 1.57. The summed E-state index contributed by atoms with van der Waals surface area (Å²) < 4.78 is 0. The molecule has 1 aliphatic rings. The van der Waals surface area contributed by atoms with Crippen molar-refractivity contribution in [2.75, 3.05) is 0 Å². The molecule has 0 spiro atoms. The molecule has 1 saturated carbocycles. The first-order valence-corrected chi connectivity index (χ1v) is 3.07. The molecule has 0 saturated heterocycles. The van der Waals surface area contributed by atoms with Crippen molar-refractivity contribution in [3.8, 4) is 0 Å². The Morgan fingerprint density at radius 1 is 1.00 bits per heavy atom. The Bertz CT molecular complexity index is 55.0. The first kappa shape index (κ1) is 12.7. The quantitative estimate of drug-likeness (QED) is 0.351. The van der Waals surface area contributed by atoms with Crippen molar-refractivity contribution in [2.24, 2.45) is 0 Å². The van der Waals surface area contributed by atoms with Crippen molar-refractivity contribution >= 4 is 8.41 Å². The van der Waals surface area contributed by atoms with E-state index in [9.17, 15) is 0 Å². The van der Waals surface area contributed by atoms with Crippen LogP contribution in [-0.4, -0.2) is 19.6 Å². The molecule has 0 aromatic rings. The molecule has 1 fully saturated rings. The van der Waals surface area contributed by atoms with Crippen LogP contribution in [0, 0.1) is 0 Å². The van der Waals surface area contributed by atoms with Gasteiger partial charge in [0.05, 0.1) is 6.10 Å². The number of aliphatic hydroxyl groups is 1. The molecule has 1 nitrogen and oxygen atoms in total. The van der Waals surface area contributed by atoms with E-state index in [0.717, 1.165) is 12.8 Å². The standard InChI is InChI=1S/C6H12O.BH4.Na/c7-6-4-2-1-3-5-6;;/h6-7H,1-5H2;1H4;/q;-1;+1. The SMILES string of the molecule is OC1CCCCC1.[BH4-].[Na+]. The van der Waals surface area contributed by atoms with E-state index in [2.05, 4.69) is 0 Å². The molecule has 0 radical (unpaired) electrons. The largest absolute Gasteiger partial charge is 1.00 e. The second kappa shape index (κ2) is 7.14. The average molecular weight is 138 g/mol. The Kier molecular flexibility index (Phi) is 10.1. The fourth-order valence-corrected chi connectivity index (χ4v) is 1.08. The van der Waals surface area contributed by atoms with E-state index < -0.39 is 0 Å². The predicted octanol–water partition coefficient (Wildman–Crippen LogP) is -3.14. The maximum absolute atomic E-state index is 8.91. The van der Waals surface area contributed by atoms with Gasteiger partial charge in [0.25, 0.3) is 0 Å². The van der Waals surface area contributed by atoms with Crippen LogP contribution < -0.4 is 29.6 Å². The van der Waals surface area contributed by atoms with Gasteiger partial charge in [-0.3, -0.25) is 0 Å². The number of aliphatic hydroxyl groups excluding tert-OH is 1. The van der Waals surface area contributed by atoms with Crippen LogP contribution >= 0.6 is 0 Å². The van der Waals surface area contributed by atoms with Gasteiger partial charge in [0.2, 0.25) is 0 Å². The average Bonchev–Trinajstić information content (AvgIpc) is 1.69. The predicted molar refractivity (Wildman–Crippen MR) is 40.4 cm³/mol. The zero-order chi connectivity index (χ0) is 5.11. The molecule has 0 amide bonds. The van der Waals surface area contributed by atoms with Gasteiger partial charge < -0.3 is 5.11 Å². The molecule has 3 heteroatoms. The summed E-state index contributed by atoms with van der Waals surface area (Å²) in [6.07, 6.45) is 5.92. The Morgan fingerprint density at radius 2 is 1.44 bits per heavy atom. The number of rotatable bonds is 0. The summed E-state index contributed by atoms with van der Waals surface area (Å²) in [4.78, 5) is 0. The second-order valence-electron chi connectivity index (χ2n) is 2.29. The fraction of sp³-hybridized carbons (Fsp3) is 1.00. The van der Waals surface area contributed by atoms with E-state index >= 15 is 0 Å². The van der Waals surface area contributed by atoms with Crippen molar-refractivity contribution in [3.05, 3.63) is 0 Å². The van der Waals surface area contributed by atoms with E-state index in [1.54, 1.807) is 0 Å². The Balaban J connectivity index is 0. The van der Waals surface area contributed by atoms with Crippen molar-refractivity contribution < 1.29 is 34.7 Å². The summed E-state index contributed by atoms with van der Waals surface area (Å²) in [5.41, 5.74) is 0. The zero-order valence-corrected chi connectivity index (χ0v) is 7.56. The number of hydrogen-bond acceptors (Lipinski definition) is 1. The van der Waals surface area contributed by atoms with Gasteiger partial charge in [-0.2, -0.15) is 0 Å². The van der Waals surface area contributed by atoms with Crippen molar-refractivity contribution in [3.63, 3.8) is 0 Å². The normalized spacial score (nSPS) is 19.7. The molecular weight excluding hydrogens is 122 g/mol. The van der Waals surface area contributed by atoms with Gasteiger partial charge in [-0.1, -0.05) is 27.7 Å². The molecule has 0 aromatic carbocycles. The maximum Gasteiger partial charge on any atom is 1.00 e. The molecule has 0 heterocycles. The van der Waals surface area contributed by atoms with E-state index in [-0.39, 0.29) is 44.1 Å². The van der Waals surface area contributed by atoms with E-state index in [4.69, 9.17) is 5.11 Å². The Morgan fingerprint density at radius 3 is 1.67 bits per heavy atom. The van der Waals surface area contributed by atoms with E-state index in [0.29, 0.717) is 0 Å². The molecular formula is C6H16BNaO. The third-order valence-electron chi connectivity index (χ3n) is 1.57. The molecule has 0 aliphatic heterocycles. The minimum atomic E-state index is 0. The van der Waals surface area contributed by atoms with Gasteiger partial charge in [-0.05, 0) is 12.8 Å². The van der Waals surface area contributed by atoms with Crippen LogP contribution in [-0.2, 0) is 0 Å². The maximum atomic E-state index is 8.91. The smallest absolute Gasteiger partial charge is 0.393 e. The van der Waals surface area contributed by atoms with Crippen molar-refractivity contribution in [1.82, 2.24) is 0 Å². The molecule has 0 unspecified atom stereocenters. The van der Waals surface area contributed by atoms with Gasteiger partial charge in [0.1, 0.15) is 0 Å². The first-order valence-electron chi connectivity index (χ1n) is 3.07. The molecule has 50 valence electrons. The van der Waals surface area contributed by atoms with Gasteiger partial charge in [-0.25, -0.2) is 0 Å². The van der Waals surface area contributed by atoms with Gasteiger partial charge in [0.15, 0.2) is 0 Å². The van der Waals surface area contributed by atoms with Crippen LogP contribution in [0.4, 0.5) is 0 Å². The molecule has 0 bridgehead atoms. The summed E-state index contributed by atoms with van der Waals surface area (Å²) in [7, 11) is 0.